The van der Waals surface area contributed by atoms with Gasteiger partial charge in [0.2, 0.25) is 5.91 Å². The molecule has 0 aromatic carbocycles. The first-order chi connectivity index (χ1) is 5.07. The van der Waals surface area contributed by atoms with Gasteiger partial charge in [0.25, 0.3) is 0 Å². The summed E-state index contributed by atoms with van der Waals surface area (Å²) >= 11 is 0. The van der Waals surface area contributed by atoms with Crippen molar-refractivity contribution < 1.29 is 4.79 Å². The summed E-state index contributed by atoms with van der Waals surface area (Å²) in [5, 5.41) is 0. The smallest absolute Gasteiger partial charge is 0.220 e. The zero-order valence-corrected chi connectivity index (χ0v) is 7.76. The number of carbonyl (C=O) groups excluding carboxylic acids is 1. The Morgan fingerprint density at radius 1 is 1.55 bits per heavy atom. The Morgan fingerprint density at radius 3 is 1.91 bits per heavy atom. The maximum absolute atomic E-state index is 9.98. The highest BCUT2D eigenvalue weighted by molar-refractivity contribution is 5.78. The molecule has 0 aromatic heterocycles. The zero-order valence-electron chi connectivity index (χ0n) is 7.76. The fourth-order valence-electron chi connectivity index (χ4n) is 0.368. The van der Waals surface area contributed by atoms with Gasteiger partial charge in [0.05, 0.1) is 0 Å². The minimum Gasteiger partial charge on any atom is -0.369 e. The van der Waals surface area contributed by atoms with E-state index in [4.69, 9.17) is 5.73 Å². The van der Waals surface area contributed by atoms with Gasteiger partial charge in [-0.3, -0.25) is 4.79 Å². The summed E-state index contributed by atoms with van der Waals surface area (Å²) in [5.41, 5.74) is 4.86. The van der Waals surface area contributed by atoms with E-state index in [0.717, 1.165) is 18.8 Å². The Labute approximate surface area is 69.2 Å². The Kier molecular flexibility index (Phi) is 4.92. The summed E-state index contributed by atoms with van der Waals surface area (Å²) in [5.74, 6) is 0.995. The van der Waals surface area contributed by atoms with Crippen LogP contribution < -0.4 is 5.73 Å². The van der Waals surface area contributed by atoms with Crippen molar-refractivity contribution in [1.82, 2.24) is 0 Å². The van der Waals surface area contributed by atoms with E-state index in [1.807, 2.05) is 0 Å². The molecule has 0 aliphatic heterocycles. The summed E-state index contributed by atoms with van der Waals surface area (Å²) in [6.07, 6.45) is 3.35. The van der Waals surface area contributed by atoms with Gasteiger partial charge in [-0.05, 0) is 18.8 Å². The predicted octanol–water partition coefficient (Wildman–Crippen LogP) is 1.93. The second-order valence-corrected chi connectivity index (χ2v) is 3.48. The summed E-state index contributed by atoms with van der Waals surface area (Å²) in [4.78, 5) is 9.98. The molecule has 1 saturated carbocycles. The number of amides is 1. The van der Waals surface area contributed by atoms with Gasteiger partial charge in [-0.2, -0.15) is 0 Å². The van der Waals surface area contributed by atoms with Crippen LogP contribution in [0.1, 0.15) is 40.0 Å². The van der Waals surface area contributed by atoms with Crippen molar-refractivity contribution in [1.29, 1.82) is 0 Å². The second-order valence-electron chi connectivity index (χ2n) is 3.48. The van der Waals surface area contributed by atoms with Crippen molar-refractivity contribution in [3.63, 3.8) is 0 Å². The van der Waals surface area contributed by atoms with Crippen molar-refractivity contribution in [2.75, 3.05) is 0 Å². The van der Waals surface area contributed by atoms with Gasteiger partial charge in [0.1, 0.15) is 0 Å². The van der Waals surface area contributed by atoms with E-state index in [-0.39, 0.29) is 11.8 Å². The lowest BCUT2D eigenvalue weighted by molar-refractivity contribution is -0.119. The number of primary amides is 1. The summed E-state index contributed by atoms with van der Waals surface area (Å²) in [7, 11) is 0. The molecule has 1 aliphatic rings. The van der Waals surface area contributed by atoms with Crippen LogP contribution in [0.2, 0.25) is 0 Å². The lowest BCUT2D eigenvalue weighted by Gasteiger charge is -1.90. The Morgan fingerprint density at radius 2 is 1.91 bits per heavy atom. The van der Waals surface area contributed by atoms with Gasteiger partial charge in [-0.25, -0.2) is 0 Å². The summed E-state index contributed by atoms with van der Waals surface area (Å²) in [6, 6.07) is 0. The number of rotatable bonds is 2. The van der Waals surface area contributed by atoms with Crippen LogP contribution in [0.4, 0.5) is 0 Å². The average Bonchev–Trinajstić information content (AvgIpc) is 2.69. The highest BCUT2D eigenvalue weighted by Gasteiger charge is 2.26. The molecule has 0 spiro atoms. The molecule has 0 atom stereocenters. The Bertz CT molecular complexity index is 117. The topological polar surface area (TPSA) is 43.1 Å². The molecule has 11 heavy (non-hydrogen) atoms. The summed E-state index contributed by atoms with van der Waals surface area (Å²) < 4.78 is 0. The molecule has 0 saturated heterocycles. The van der Waals surface area contributed by atoms with Crippen LogP contribution in [-0.2, 0) is 4.79 Å². The van der Waals surface area contributed by atoms with Crippen molar-refractivity contribution in [3.05, 3.63) is 0 Å². The molecule has 0 aromatic rings. The normalized spacial score (nSPS) is 15.6. The third-order valence-electron chi connectivity index (χ3n) is 1.80. The van der Waals surface area contributed by atoms with Gasteiger partial charge in [0.15, 0.2) is 0 Å². The maximum Gasteiger partial charge on any atom is 0.220 e. The first-order valence-corrected chi connectivity index (χ1v) is 4.37. The molecule has 0 radical (unpaired) electrons. The first kappa shape index (κ1) is 10.5. The zero-order chi connectivity index (χ0) is 8.85. The fraction of sp³-hybridized carbons (Fsp3) is 0.889. The third-order valence-corrected chi connectivity index (χ3v) is 1.80. The predicted molar refractivity (Wildman–Crippen MR) is 47.0 cm³/mol. The highest BCUT2D eigenvalue weighted by Crippen LogP contribution is 2.27. The molecule has 0 heterocycles. The monoisotopic (exact) mass is 157 g/mol. The van der Waals surface area contributed by atoms with Crippen molar-refractivity contribution >= 4 is 5.91 Å². The molecule has 0 bridgehead atoms. The molecule has 1 amide bonds. The number of hydrogen-bond acceptors (Lipinski definition) is 1. The standard InChI is InChI=1S/C5H12.C4H7NO/c1-4-5(2)3;5-4(6)3-1-2-3/h5H,4H2,1-3H3;3H,1-2H2,(H2,5,6). The SMILES string of the molecule is CCC(C)C.NC(=O)C1CC1. The van der Waals surface area contributed by atoms with Gasteiger partial charge in [-0.1, -0.05) is 27.2 Å². The Hall–Kier alpha value is -0.530. The number of hydrogen-bond donors (Lipinski definition) is 1. The van der Waals surface area contributed by atoms with E-state index in [0.29, 0.717) is 0 Å². The molecule has 1 rings (SSSR count). The molecule has 2 nitrogen and oxygen atoms in total. The van der Waals surface area contributed by atoms with Crippen LogP contribution in [0.25, 0.3) is 0 Å². The van der Waals surface area contributed by atoms with Crippen LogP contribution in [0, 0.1) is 11.8 Å². The van der Waals surface area contributed by atoms with Crippen LogP contribution in [0.5, 0.6) is 0 Å². The maximum atomic E-state index is 9.98. The van der Waals surface area contributed by atoms with Gasteiger partial charge in [0, 0.05) is 5.92 Å². The molecule has 0 unspecified atom stereocenters. The average molecular weight is 157 g/mol. The number of nitrogens with two attached hydrogens (primary N) is 1. The van der Waals surface area contributed by atoms with E-state index in [1.165, 1.54) is 6.42 Å². The molecule has 1 aliphatic carbocycles. The van der Waals surface area contributed by atoms with Crippen LogP contribution in [-0.4, -0.2) is 5.91 Å². The molecular formula is C9H19NO. The number of carbonyl (C=O) groups is 1. The van der Waals surface area contributed by atoms with E-state index >= 15 is 0 Å². The fourth-order valence-corrected chi connectivity index (χ4v) is 0.368. The molecule has 66 valence electrons. The minimum absolute atomic E-state index is 0.130. The van der Waals surface area contributed by atoms with Crippen molar-refractivity contribution in [2.45, 2.75) is 40.0 Å². The lowest BCUT2D eigenvalue weighted by Crippen LogP contribution is -2.11. The third kappa shape index (κ3) is 7.37. The lowest BCUT2D eigenvalue weighted by atomic mass is 10.2. The van der Waals surface area contributed by atoms with Crippen LogP contribution in [0.15, 0.2) is 0 Å². The van der Waals surface area contributed by atoms with E-state index in [9.17, 15) is 4.79 Å². The van der Waals surface area contributed by atoms with Crippen LogP contribution in [0.3, 0.4) is 0 Å². The molecule has 2 N–H and O–H groups in total. The van der Waals surface area contributed by atoms with E-state index in [2.05, 4.69) is 20.8 Å². The molecule has 1 fully saturated rings. The van der Waals surface area contributed by atoms with Crippen molar-refractivity contribution in [3.8, 4) is 0 Å². The van der Waals surface area contributed by atoms with Crippen LogP contribution >= 0.6 is 0 Å². The van der Waals surface area contributed by atoms with Gasteiger partial charge < -0.3 is 5.73 Å². The molecule has 2 heteroatoms. The van der Waals surface area contributed by atoms with E-state index < -0.39 is 0 Å². The highest BCUT2D eigenvalue weighted by atomic mass is 16.1. The largest absolute Gasteiger partial charge is 0.369 e. The van der Waals surface area contributed by atoms with Gasteiger partial charge >= 0.3 is 0 Å². The first-order valence-electron chi connectivity index (χ1n) is 4.37. The Balaban J connectivity index is 0.000000187. The van der Waals surface area contributed by atoms with Crippen molar-refractivity contribution in [2.24, 2.45) is 17.6 Å². The second kappa shape index (κ2) is 5.16. The van der Waals surface area contributed by atoms with Gasteiger partial charge in [-0.15, -0.1) is 0 Å². The minimum atomic E-state index is -0.130. The summed E-state index contributed by atoms with van der Waals surface area (Å²) in [6.45, 7) is 6.64. The molecular weight excluding hydrogens is 138 g/mol. The van der Waals surface area contributed by atoms with E-state index in [1.54, 1.807) is 0 Å². The quantitative estimate of drug-likeness (QED) is 0.654.